The van der Waals surface area contributed by atoms with Gasteiger partial charge in [0.05, 0.1) is 22.7 Å². The van der Waals surface area contributed by atoms with Crippen LogP contribution in [0.5, 0.6) is 0 Å². The number of thiazole rings is 1. The minimum atomic E-state index is -0.203. The summed E-state index contributed by atoms with van der Waals surface area (Å²) < 4.78 is 0.833. The van der Waals surface area contributed by atoms with Crippen molar-refractivity contribution in [1.29, 1.82) is 0 Å². The molecule has 7 heteroatoms. The SMILES string of the molecule is CC(C)NC(=O)c1ccccc1NC(=O)CSc1nc(-c2ccccc2)cs1. The van der Waals surface area contributed by atoms with E-state index in [-0.39, 0.29) is 23.6 Å². The minimum absolute atomic E-state index is 0.0236. The van der Waals surface area contributed by atoms with Gasteiger partial charge < -0.3 is 10.6 Å². The normalized spacial score (nSPS) is 10.7. The van der Waals surface area contributed by atoms with Gasteiger partial charge in [0.25, 0.3) is 5.91 Å². The van der Waals surface area contributed by atoms with Gasteiger partial charge in [-0.05, 0) is 26.0 Å². The van der Waals surface area contributed by atoms with Gasteiger partial charge in [0.1, 0.15) is 0 Å². The summed E-state index contributed by atoms with van der Waals surface area (Å²) in [6, 6.07) is 17.0. The minimum Gasteiger partial charge on any atom is -0.350 e. The van der Waals surface area contributed by atoms with E-state index in [2.05, 4.69) is 15.6 Å². The third kappa shape index (κ3) is 5.43. The first-order valence-corrected chi connectivity index (χ1v) is 10.7. The molecule has 3 rings (SSSR count). The van der Waals surface area contributed by atoms with Gasteiger partial charge in [0.2, 0.25) is 5.91 Å². The fraction of sp³-hybridized carbons (Fsp3) is 0.190. The smallest absolute Gasteiger partial charge is 0.253 e. The number of hydrogen-bond donors (Lipinski definition) is 2. The largest absolute Gasteiger partial charge is 0.350 e. The van der Waals surface area contributed by atoms with E-state index in [1.165, 1.54) is 23.1 Å². The first-order valence-electron chi connectivity index (χ1n) is 8.86. The van der Waals surface area contributed by atoms with Gasteiger partial charge in [-0.25, -0.2) is 4.98 Å². The lowest BCUT2D eigenvalue weighted by Gasteiger charge is -2.12. The van der Waals surface area contributed by atoms with E-state index in [4.69, 9.17) is 0 Å². The highest BCUT2D eigenvalue weighted by Gasteiger charge is 2.14. The van der Waals surface area contributed by atoms with Gasteiger partial charge in [0.15, 0.2) is 4.34 Å². The van der Waals surface area contributed by atoms with Crippen LogP contribution < -0.4 is 10.6 Å². The number of nitrogens with one attached hydrogen (secondary N) is 2. The third-order valence-electron chi connectivity index (χ3n) is 3.74. The molecule has 144 valence electrons. The van der Waals surface area contributed by atoms with Crippen molar-refractivity contribution in [2.45, 2.75) is 24.2 Å². The first kappa shape index (κ1) is 20.1. The van der Waals surface area contributed by atoms with Crippen LogP contribution in [0.3, 0.4) is 0 Å². The van der Waals surface area contributed by atoms with E-state index in [9.17, 15) is 9.59 Å². The molecule has 0 unspecified atom stereocenters. The maximum atomic E-state index is 12.4. The molecule has 2 N–H and O–H groups in total. The number of benzene rings is 2. The van der Waals surface area contributed by atoms with Crippen LogP contribution in [-0.2, 0) is 4.79 Å². The number of rotatable bonds is 7. The van der Waals surface area contributed by atoms with Gasteiger partial charge >= 0.3 is 0 Å². The molecule has 0 saturated carbocycles. The lowest BCUT2D eigenvalue weighted by molar-refractivity contribution is -0.113. The Balaban J connectivity index is 1.60. The lowest BCUT2D eigenvalue weighted by Crippen LogP contribution is -2.31. The lowest BCUT2D eigenvalue weighted by atomic mass is 10.1. The summed E-state index contributed by atoms with van der Waals surface area (Å²) in [6.45, 7) is 3.79. The van der Waals surface area contributed by atoms with Crippen LogP contribution in [0.1, 0.15) is 24.2 Å². The Morgan fingerprint density at radius 3 is 2.54 bits per heavy atom. The van der Waals surface area contributed by atoms with Gasteiger partial charge in [-0.2, -0.15) is 0 Å². The van der Waals surface area contributed by atoms with Crippen molar-refractivity contribution in [3.05, 3.63) is 65.5 Å². The summed E-state index contributed by atoms with van der Waals surface area (Å²) in [5.41, 5.74) is 2.93. The Bertz CT molecular complexity index is 955. The van der Waals surface area contributed by atoms with Gasteiger partial charge in [-0.1, -0.05) is 54.2 Å². The van der Waals surface area contributed by atoms with Crippen LogP contribution >= 0.6 is 23.1 Å². The zero-order valence-corrected chi connectivity index (χ0v) is 17.3. The van der Waals surface area contributed by atoms with Crippen molar-refractivity contribution < 1.29 is 9.59 Å². The summed E-state index contributed by atoms with van der Waals surface area (Å²) in [7, 11) is 0. The van der Waals surface area contributed by atoms with Crippen molar-refractivity contribution in [1.82, 2.24) is 10.3 Å². The fourth-order valence-electron chi connectivity index (χ4n) is 2.51. The zero-order valence-electron chi connectivity index (χ0n) is 15.6. The van der Waals surface area contributed by atoms with E-state index >= 15 is 0 Å². The number of nitrogens with zero attached hydrogens (tertiary/aromatic N) is 1. The van der Waals surface area contributed by atoms with Gasteiger partial charge in [-0.3, -0.25) is 9.59 Å². The molecule has 2 aromatic carbocycles. The summed E-state index contributed by atoms with van der Waals surface area (Å²) in [5.74, 6) is -0.153. The van der Waals surface area contributed by atoms with E-state index in [0.29, 0.717) is 11.3 Å². The number of para-hydroxylation sites is 1. The monoisotopic (exact) mass is 411 g/mol. The number of anilines is 1. The Morgan fingerprint density at radius 1 is 1.07 bits per heavy atom. The Labute approximate surface area is 172 Å². The second kappa shape index (κ2) is 9.52. The van der Waals surface area contributed by atoms with Gasteiger partial charge in [0, 0.05) is 17.0 Å². The Hall–Kier alpha value is -2.64. The van der Waals surface area contributed by atoms with Crippen molar-refractivity contribution in [2.24, 2.45) is 0 Å². The molecule has 1 aromatic heterocycles. The predicted octanol–water partition coefficient (Wildman–Crippen LogP) is 4.68. The first-order chi connectivity index (χ1) is 13.5. The maximum absolute atomic E-state index is 12.4. The van der Waals surface area contributed by atoms with Crippen LogP contribution in [0.15, 0.2) is 64.3 Å². The highest BCUT2D eigenvalue weighted by molar-refractivity contribution is 8.01. The van der Waals surface area contributed by atoms with Crippen LogP contribution in [-0.4, -0.2) is 28.6 Å². The molecule has 0 aliphatic heterocycles. The van der Waals surface area contributed by atoms with Crippen molar-refractivity contribution in [2.75, 3.05) is 11.1 Å². The molecular weight excluding hydrogens is 390 g/mol. The van der Waals surface area contributed by atoms with Crippen molar-refractivity contribution in [3.63, 3.8) is 0 Å². The molecule has 0 radical (unpaired) electrons. The summed E-state index contributed by atoms with van der Waals surface area (Å²) in [4.78, 5) is 29.2. The molecule has 0 aliphatic carbocycles. The molecule has 0 atom stereocenters. The summed E-state index contributed by atoms with van der Waals surface area (Å²) in [5, 5.41) is 7.66. The molecule has 0 aliphatic rings. The van der Waals surface area contributed by atoms with E-state index in [1.807, 2.05) is 49.6 Å². The van der Waals surface area contributed by atoms with Crippen LogP contribution in [0.25, 0.3) is 11.3 Å². The molecule has 1 heterocycles. The molecule has 0 bridgehead atoms. The highest BCUT2D eigenvalue weighted by Crippen LogP contribution is 2.28. The standard InChI is InChI=1S/C21H21N3O2S2/c1-14(2)22-20(26)16-10-6-7-11-17(16)23-19(25)13-28-21-24-18(12-27-21)15-8-4-3-5-9-15/h3-12,14H,13H2,1-2H3,(H,22,26)(H,23,25). The number of thioether (sulfide) groups is 1. The molecule has 28 heavy (non-hydrogen) atoms. The van der Waals surface area contributed by atoms with Crippen LogP contribution in [0.2, 0.25) is 0 Å². The average molecular weight is 412 g/mol. The van der Waals surface area contributed by atoms with Crippen LogP contribution in [0.4, 0.5) is 5.69 Å². The fourth-order valence-corrected chi connectivity index (χ4v) is 4.14. The van der Waals surface area contributed by atoms with Crippen molar-refractivity contribution >= 4 is 40.6 Å². The Morgan fingerprint density at radius 2 is 1.79 bits per heavy atom. The maximum Gasteiger partial charge on any atom is 0.253 e. The summed E-state index contributed by atoms with van der Waals surface area (Å²) in [6.07, 6.45) is 0. The quantitative estimate of drug-likeness (QED) is 0.554. The molecule has 0 saturated heterocycles. The number of carbonyl (C=O) groups is 2. The highest BCUT2D eigenvalue weighted by atomic mass is 32.2. The van der Waals surface area contributed by atoms with Crippen molar-refractivity contribution in [3.8, 4) is 11.3 Å². The van der Waals surface area contributed by atoms with Crippen LogP contribution in [0, 0.1) is 0 Å². The number of amides is 2. The molecule has 0 fully saturated rings. The topological polar surface area (TPSA) is 71.1 Å². The molecule has 5 nitrogen and oxygen atoms in total. The molecule has 3 aromatic rings. The van der Waals surface area contributed by atoms with E-state index in [1.54, 1.807) is 24.3 Å². The number of carbonyl (C=O) groups excluding carboxylic acids is 2. The third-order valence-corrected chi connectivity index (χ3v) is 5.77. The predicted molar refractivity (Wildman–Crippen MR) is 116 cm³/mol. The second-order valence-electron chi connectivity index (χ2n) is 6.38. The number of aromatic nitrogens is 1. The zero-order chi connectivity index (χ0) is 19.9. The Kier molecular flexibility index (Phi) is 6.84. The van der Waals surface area contributed by atoms with Gasteiger partial charge in [-0.15, -0.1) is 11.3 Å². The molecule has 2 amide bonds. The molecular formula is C21H21N3O2S2. The summed E-state index contributed by atoms with van der Waals surface area (Å²) >= 11 is 2.90. The van der Waals surface area contributed by atoms with E-state index < -0.39 is 0 Å². The average Bonchev–Trinajstić information content (AvgIpc) is 3.16. The molecule has 0 spiro atoms. The number of hydrogen-bond acceptors (Lipinski definition) is 5. The second-order valence-corrected chi connectivity index (χ2v) is 8.46. The van der Waals surface area contributed by atoms with E-state index in [0.717, 1.165) is 15.6 Å².